The number of aromatic nitrogens is 3. The van der Waals surface area contributed by atoms with Crippen LogP contribution >= 0.6 is 0 Å². The molecular formula is C18H20N6O. The Morgan fingerprint density at radius 3 is 2.40 bits per heavy atom. The van der Waals surface area contributed by atoms with Gasteiger partial charge in [-0.25, -0.2) is 9.97 Å². The predicted octanol–water partition coefficient (Wildman–Crippen LogP) is 1.86. The zero-order chi connectivity index (χ0) is 17.2. The summed E-state index contributed by atoms with van der Waals surface area (Å²) in [7, 11) is 2.08. The van der Waals surface area contributed by atoms with E-state index in [1.165, 1.54) is 0 Å². The second-order valence-corrected chi connectivity index (χ2v) is 6.23. The van der Waals surface area contributed by atoms with Crippen molar-refractivity contribution in [3.05, 3.63) is 54.6 Å². The number of amides is 1. The fourth-order valence-electron chi connectivity index (χ4n) is 2.97. The number of anilines is 2. The summed E-state index contributed by atoms with van der Waals surface area (Å²) in [6, 6.07) is 7.51. The summed E-state index contributed by atoms with van der Waals surface area (Å²) in [5.41, 5.74) is 2.35. The number of piperazine rings is 1. The molecule has 0 spiro atoms. The van der Waals surface area contributed by atoms with Crippen LogP contribution in [0.25, 0.3) is 5.65 Å². The highest BCUT2D eigenvalue weighted by Crippen LogP contribution is 2.19. The Balaban J connectivity index is 1.48. The molecule has 0 radical (unpaired) electrons. The van der Waals surface area contributed by atoms with Gasteiger partial charge in [0.1, 0.15) is 0 Å². The molecule has 0 aliphatic carbocycles. The summed E-state index contributed by atoms with van der Waals surface area (Å²) in [6.07, 6.45) is 7.19. The first kappa shape index (κ1) is 15.6. The Kier molecular flexibility index (Phi) is 4.07. The van der Waals surface area contributed by atoms with E-state index >= 15 is 0 Å². The molecule has 0 saturated carbocycles. The molecule has 25 heavy (non-hydrogen) atoms. The van der Waals surface area contributed by atoms with Crippen LogP contribution in [0.3, 0.4) is 0 Å². The smallest absolute Gasteiger partial charge is 0.253 e. The van der Waals surface area contributed by atoms with E-state index in [1.54, 1.807) is 12.4 Å². The summed E-state index contributed by atoms with van der Waals surface area (Å²) >= 11 is 0. The van der Waals surface area contributed by atoms with E-state index < -0.39 is 0 Å². The molecule has 1 aliphatic rings. The lowest BCUT2D eigenvalue weighted by Crippen LogP contribution is -2.47. The van der Waals surface area contributed by atoms with Gasteiger partial charge in [-0.3, -0.25) is 4.79 Å². The molecule has 0 atom stereocenters. The largest absolute Gasteiger partial charge is 0.337 e. The minimum Gasteiger partial charge on any atom is -0.337 e. The Morgan fingerprint density at radius 1 is 1.00 bits per heavy atom. The van der Waals surface area contributed by atoms with E-state index in [1.807, 2.05) is 46.0 Å². The highest BCUT2D eigenvalue weighted by atomic mass is 16.2. The zero-order valence-electron chi connectivity index (χ0n) is 14.1. The molecule has 128 valence electrons. The van der Waals surface area contributed by atoms with Crippen molar-refractivity contribution in [1.29, 1.82) is 0 Å². The summed E-state index contributed by atoms with van der Waals surface area (Å²) in [4.78, 5) is 25.4. The molecule has 7 nitrogen and oxygen atoms in total. The number of carbonyl (C=O) groups excluding carboxylic acids is 1. The Morgan fingerprint density at radius 2 is 1.68 bits per heavy atom. The van der Waals surface area contributed by atoms with E-state index in [0.717, 1.165) is 37.5 Å². The average Bonchev–Trinajstić information content (AvgIpc) is 3.12. The lowest BCUT2D eigenvalue weighted by Gasteiger charge is -2.32. The van der Waals surface area contributed by atoms with Gasteiger partial charge < -0.3 is 19.5 Å². The third kappa shape index (κ3) is 3.18. The number of nitrogens with zero attached hydrogens (tertiary/aromatic N) is 5. The van der Waals surface area contributed by atoms with Crippen molar-refractivity contribution in [3.63, 3.8) is 0 Å². The fraction of sp³-hybridized carbons (Fsp3) is 0.278. The number of benzene rings is 1. The number of hydrogen-bond donors (Lipinski definition) is 1. The lowest BCUT2D eigenvalue weighted by molar-refractivity contribution is 0.0664. The summed E-state index contributed by atoms with van der Waals surface area (Å²) in [6.45, 7) is 3.40. The monoisotopic (exact) mass is 336 g/mol. The third-order valence-corrected chi connectivity index (χ3v) is 4.50. The SMILES string of the molecule is CN1CCN(C(=O)c2ccc(Nc3nccn4ccnc34)cc2)CC1. The molecule has 1 saturated heterocycles. The maximum atomic E-state index is 12.6. The number of carbonyl (C=O) groups is 1. The maximum absolute atomic E-state index is 12.6. The topological polar surface area (TPSA) is 65.8 Å². The van der Waals surface area contributed by atoms with Crippen LogP contribution in [-0.2, 0) is 0 Å². The van der Waals surface area contributed by atoms with Gasteiger partial charge in [0.15, 0.2) is 11.5 Å². The van der Waals surface area contributed by atoms with Gasteiger partial charge in [0, 0.05) is 62.2 Å². The second kappa shape index (κ2) is 6.52. The number of likely N-dealkylation sites (N-methyl/N-ethyl adjacent to an activating group) is 1. The second-order valence-electron chi connectivity index (χ2n) is 6.23. The van der Waals surface area contributed by atoms with Gasteiger partial charge in [-0.2, -0.15) is 0 Å². The molecule has 1 aromatic carbocycles. The third-order valence-electron chi connectivity index (χ3n) is 4.50. The van der Waals surface area contributed by atoms with E-state index in [2.05, 4.69) is 27.2 Å². The Bertz CT molecular complexity index is 880. The Labute approximate surface area is 145 Å². The lowest BCUT2D eigenvalue weighted by atomic mass is 10.1. The van der Waals surface area contributed by atoms with E-state index in [0.29, 0.717) is 11.4 Å². The summed E-state index contributed by atoms with van der Waals surface area (Å²) in [5, 5.41) is 3.26. The first-order valence-electron chi connectivity index (χ1n) is 8.33. The highest BCUT2D eigenvalue weighted by molar-refractivity contribution is 5.94. The molecule has 7 heteroatoms. The minimum atomic E-state index is 0.0909. The number of nitrogens with one attached hydrogen (secondary N) is 1. The Hall–Kier alpha value is -2.93. The van der Waals surface area contributed by atoms with Gasteiger partial charge in [-0.05, 0) is 31.3 Å². The maximum Gasteiger partial charge on any atom is 0.253 e. The average molecular weight is 336 g/mol. The molecule has 0 unspecified atom stereocenters. The summed E-state index contributed by atoms with van der Waals surface area (Å²) in [5.74, 6) is 0.777. The van der Waals surface area contributed by atoms with Crippen molar-refractivity contribution < 1.29 is 4.79 Å². The highest BCUT2D eigenvalue weighted by Gasteiger charge is 2.20. The van der Waals surface area contributed by atoms with Crippen molar-refractivity contribution in [1.82, 2.24) is 24.2 Å². The van der Waals surface area contributed by atoms with Crippen LogP contribution in [0.2, 0.25) is 0 Å². The fourth-order valence-corrected chi connectivity index (χ4v) is 2.97. The van der Waals surface area contributed by atoms with Crippen LogP contribution in [0.4, 0.5) is 11.5 Å². The zero-order valence-corrected chi connectivity index (χ0v) is 14.1. The quantitative estimate of drug-likeness (QED) is 0.791. The molecule has 1 N–H and O–H groups in total. The van der Waals surface area contributed by atoms with Crippen LogP contribution in [0.5, 0.6) is 0 Å². The van der Waals surface area contributed by atoms with E-state index in [-0.39, 0.29) is 5.91 Å². The number of imidazole rings is 1. The first-order valence-corrected chi connectivity index (χ1v) is 8.33. The molecule has 1 fully saturated rings. The molecule has 1 amide bonds. The molecule has 2 aromatic heterocycles. The van der Waals surface area contributed by atoms with Crippen LogP contribution in [0.1, 0.15) is 10.4 Å². The van der Waals surface area contributed by atoms with Gasteiger partial charge in [0.25, 0.3) is 5.91 Å². The summed E-state index contributed by atoms with van der Waals surface area (Å²) < 4.78 is 1.90. The van der Waals surface area contributed by atoms with Crippen LogP contribution in [-0.4, -0.2) is 63.3 Å². The molecule has 3 heterocycles. The van der Waals surface area contributed by atoms with E-state index in [4.69, 9.17) is 0 Å². The van der Waals surface area contributed by atoms with Crippen molar-refractivity contribution in [2.45, 2.75) is 0 Å². The molecular weight excluding hydrogens is 316 g/mol. The number of hydrogen-bond acceptors (Lipinski definition) is 5. The number of rotatable bonds is 3. The van der Waals surface area contributed by atoms with Crippen LogP contribution < -0.4 is 5.32 Å². The molecule has 4 rings (SSSR count). The van der Waals surface area contributed by atoms with E-state index in [9.17, 15) is 4.79 Å². The minimum absolute atomic E-state index is 0.0909. The molecule has 3 aromatic rings. The van der Waals surface area contributed by atoms with Gasteiger partial charge >= 0.3 is 0 Å². The standard InChI is InChI=1S/C18H20N6O/c1-22-10-12-24(13-11-22)18(25)14-2-4-15(5-3-14)21-16-17-20-7-9-23(17)8-6-19-16/h2-9H,10-13H2,1H3,(H,19,21). The van der Waals surface area contributed by atoms with Crippen molar-refractivity contribution in [3.8, 4) is 0 Å². The van der Waals surface area contributed by atoms with Crippen molar-refractivity contribution in [2.75, 3.05) is 38.5 Å². The van der Waals surface area contributed by atoms with Crippen molar-refractivity contribution >= 4 is 23.1 Å². The van der Waals surface area contributed by atoms with Crippen LogP contribution in [0.15, 0.2) is 49.1 Å². The van der Waals surface area contributed by atoms with Crippen molar-refractivity contribution in [2.24, 2.45) is 0 Å². The first-order chi connectivity index (χ1) is 12.2. The number of fused-ring (bicyclic) bond motifs is 1. The normalized spacial score (nSPS) is 15.5. The molecule has 0 bridgehead atoms. The van der Waals surface area contributed by atoms with Gasteiger partial charge in [-0.1, -0.05) is 0 Å². The van der Waals surface area contributed by atoms with Gasteiger partial charge in [0.05, 0.1) is 0 Å². The predicted molar refractivity (Wildman–Crippen MR) is 96.1 cm³/mol. The van der Waals surface area contributed by atoms with Gasteiger partial charge in [0.2, 0.25) is 0 Å². The van der Waals surface area contributed by atoms with Gasteiger partial charge in [-0.15, -0.1) is 0 Å². The molecule has 1 aliphatic heterocycles. The van der Waals surface area contributed by atoms with Crippen LogP contribution in [0, 0.1) is 0 Å².